The monoisotopic (exact) mass is 311 g/mol. The van der Waals surface area contributed by atoms with Crippen LogP contribution in [0.3, 0.4) is 0 Å². The highest BCUT2D eigenvalue weighted by Crippen LogP contribution is 2.39. The summed E-state index contributed by atoms with van der Waals surface area (Å²) in [5.74, 6) is -2.12. The SMILES string of the molecule is CC(NC(=O)/C=C/c1ccc(F)c(Cl)c1)(C(=O)O)C1CC1. The number of nitrogens with one attached hydrogen (secondary N) is 1. The molecule has 0 heterocycles. The molecule has 1 saturated carbocycles. The Bertz CT molecular complexity index is 613. The van der Waals surface area contributed by atoms with Crippen molar-refractivity contribution in [3.63, 3.8) is 0 Å². The van der Waals surface area contributed by atoms with E-state index in [0.717, 1.165) is 12.8 Å². The van der Waals surface area contributed by atoms with Gasteiger partial charge in [-0.05, 0) is 49.5 Å². The number of hydrogen-bond donors (Lipinski definition) is 2. The molecule has 0 aliphatic heterocycles. The molecule has 1 aromatic carbocycles. The summed E-state index contributed by atoms with van der Waals surface area (Å²) < 4.78 is 13.0. The van der Waals surface area contributed by atoms with Gasteiger partial charge in [0.05, 0.1) is 5.02 Å². The van der Waals surface area contributed by atoms with Crippen LogP contribution in [0, 0.1) is 11.7 Å². The molecule has 4 nitrogen and oxygen atoms in total. The molecule has 0 spiro atoms. The summed E-state index contributed by atoms with van der Waals surface area (Å²) in [6, 6.07) is 4.06. The summed E-state index contributed by atoms with van der Waals surface area (Å²) in [5, 5.41) is 11.7. The first kappa shape index (κ1) is 15.5. The van der Waals surface area contributed by atoms with Gasteiger partial charge in [-0.2, -0.15) is 0 Å². The second-order valence-electron chi connectivity index (χ2n) is 5.28. The van der Waals surface area contributed by atoms with Crippen molar-refractivity contribution in [3.05, 3.63) is 40.7 Å². The van der Waals surface area contributed by atoms with Crippen LogP contribution in [0.2, 0.25) is 5.02 Å². The Balaban J connectivity index is 2.05. The molecule has 0 saturated heterocycles. The number of carbonyl (C=O) groups is 2. The first-order valence-electron chi connectivity index (χ1n) is 6.51. The molecule has 1 atom stereocenters. The number of benzene rings is 1. The predicted molar refractivity (Wildman–Crippen MR) is 77.4 cm³/mol. The lowest BCUT2D eigenvalue weighted by molar-refractivity contribution is -0.147. The normalized spacial score (nSPS) is 17.5. The van der Waals surface area contributed by atoms with Crippen LogP contribution in [0.1, 0.15) is 25.3 Å². The van der Waals surface area contributed by atoms with E-state index in [0.29, 0.717) is 5.56 Å². The van der Waals surface area contributed by atoms with E-state index in [-0.39, 0.29) is 10.9 Å². The van der Waals surface area contributed by atoms with Crippen LogP contribution in [-0.4, -0.2) is 22.5 Å². The van der Waals surface area contributed by atoms with Crippen molar-refractivity contribution in [2.75, 3.05) is 0 Å². The van der Waals surface area contributed by atoms with Gasteiger partial charge in [0, 0.05) is 6.08 Å². The van der Waals surface area contributed by atoms with Crippen LogP contribution in [-0.2, 0) is 9.59 Å². The maximum absolute atomic E-state index is 13.0. The van der Waals surface area contributed by atoms with Gasteiger partial charge >= 0.3 is 5.97 Å². The summed E-state index contributed by atoms with van der Waals surface area (Å²) in [5.41, 5.74) is -0.693. The largest absolute Gasteiger partial charge is 0.480 e. The zero-order valence-electron chi connectivity index (χ0n) is 11.4. The number of halogens is 2. The number of carbonyl (C=O) groups excluding carboxylic acids is 1. The van der Waals surface area contributed by atoms with Crippen LogP contribution in [0.25, 0.3) is 6.08 Å². The molecule has 2 rings (SSSR count). The first-order chi connectivity index (χ1) is 9.83. The molecular formula is C15H15ClFNO3. The molecule has 2 N–H and O–H groups in total. The van der Waals surface area contributed by atoms with E-state index in [2.05, 4.69) is 5.32 Å². The molecule has 1 aliphatic rings. The molecule has 1 aliphatic carbocycles. The average molecular weight is 312 g/mol. The van der Waals surface area contributed by atoms with Crippen molar-refractivity contribution in [1.82, 2.24) is 5.32 Å². The molecule has 0 radical (unpaired) electrons. The van der Waals surface area contributed by atoms with Crippen LogP contribution in [0.4, 0.5) is 4.39 Å². The highest BCUT2D eigenvalue weighted by molar-refractivity contribution is 6.30. The molecule has 21 heavy (non-hydrogen) atoms. The molecule has 1 unspecified atom stereocenters. The minimum absolute atomic E-state index is 0.0346. The maximum atomic E-state index is 13.0. The van der Waals surface area contributed by atoms with Crippen molar-refractivity contribution >= 4 is 29.6 Å². The smallest absolute Gasteiger partial charge is 0.329 e. The lowest BCUT2D eigenvalue weighted by Gasteiger charge is -2.25. The minimum atomic E-state index is -1.25. The van der Waals surface area contributed by atoms with Gasteiger partial charge in [0.25, 0.3) is 0 Å². The van der Waals surface area contributed by atoms with Crippen molar-refractivity contribution in [2.24, 2.45) is 5.92 Å². The minimum Gasteiger partial charge on any atom is -0.480 e. The fourth-order valence-corrected chi connectivity index (χ4v) is 2.27. The van der Waals surface area contributed by atoms with E-state index in [1.807, 2.05) is 0 Å². The summed E-state index contributed by atoms with van der Waals surface area (Å²) in [4.78, 5) is 23.1. The topological polar surface area (TPSA) is 66.4 Å². The van der Waals surface area contributed by atoms with Crippen molar-refractivity contribution in [2.45, 2.75) is 25.3 Å². The number of hydrogen-bond acceptors (Lipinski definition) is 2. The van der Waals surface area contributed by atoms with E-state index in [1.54, 1.807) is 0 Å². The molecule has 1 aromatic rings. The second-order valence-corrected chi connectivity index (χ2v) is 5.69. The predicted octanol–water partition coefficient (Wildman–Crippen LogP) is 2.86. The van der Waals surface area contributed by atoms with Crippen LogP contribution in [0.15, 0.2) is 24.3 Å². The van der Waals surface area contributed by atoms with Crippen molar-refractivity contribution in [3.8, 4) is 0 Å². The Kier molecular flexibility index (Phi) is 4.32. The average Bonchev–Trinajstić information content (AvgIpc) is 3.24. The highest BCUT2D eigenvalue weighted by atomic mass is 35.5. The zero-order chi connectivity index (χ0) is 15.6. The van der Waals surface area contributed by atoms with Gasteiger partial charge in [-0.15, -0.1) is 0 Å². The maximum Gasteiger partial charge on any atom is 0.329 e. The molecule has 0 aromatic heterocycles. The quantitative estimate of drug-likeness (QED) is 0.822. The Morgan fingerprint density at radius 1 is 1.48 bits per heavy atom. The summed E-state index contributed by atoms with van der Waals surface area (Å²) in [7, 11) is 0. The van der Waals surface area contributed by atoms with Gasteiger partial charge in [0.15, 0.2) is 0 Å². The van der Waals surface area contributed by atoms with Crippen molar-refractivity contribution < 1.29 is 19.1 Å². The highest BCUT2D eigenvalue weighted by Gasteiger charge is 2.48. The third-order valence-corrected chi connectivity index (χ3v) is 3.88. The van der Waals surface area contributed by atoms with E-state index in [1.165, 1.54) is 37.3 Å². The number of carboxylic acids is 1. The van der Waals surface area contributed by atoms with Crippen LogP contribution in [0.5, 0.6) is 0 Å². The molecular weight excluding hydrogens is 297 g/mol. The Morgan fingerprint density at radius 2 is 2.14 bits per heavy atom. The Labute approximate surface area is 126 Å². The summed E-state index contributed by atoms with van der Waals surface area (Å²) in [6.07, 6.45) is 4.25. The second kappa shape index (κ2) is 5.85. The molecule has 112 valence electrons. The van der Waals surface area contributed by atoms with E-state index in [4.69, 9.17) is 11.6 Å². The van der Waals surface area contributed by atoms with E-state index < -0.39 is 23.2 Å². The van der Waals surface area contributed by atoms with E-state index >= 15 is 0 Å². The Morgan fingerprint density at radius 3 is 2.67 bits per heavy atom. The number of carboxylic acid groups (broad SMARTS) is 1. The van der Waals surface area contributed by atoms with Crippen molar-refractivity contribution in [1.29, 1.82) is 0 Å². The third-order valence-electron chi connectivity index (χ3n) is 3.59. The van der Waals surface area contributed by atoms with Gasteiger partial charge in [-0.1, -0.05) is 17.7 Å². The van der Waals surface area contributed by atoms with Gasteiger partial charge in [0.2, 0.25) is 5.91 Å². The Hall–Kier alpha value is -1.88. The molecule has 0 bridgehead atoms. The standard InChI is InChI=1S/C15H15ClFNO3/c1-15(14(20)21,10-4-5-10)18-13(19)7-3-9-2-6-12(17)11(16)8-9/h2-3,6-8,10H,4-5H2,1H3,(H,18,19)(H,20,21)/b7-3+. The van der Waals surface area contributed by atoms with Gasteiger partial charge in [-0.3, -0.25) is 4.79 Å². The number of aliphatic carboxylic acids is 1. The zero-order valence-corrected chi connectivity index (χ0v) is 12.2. The summed E-state index contributed by atoms with van der Waals surface area (Å²) in [6.45, 7) is 1.51. The van der Waals surface area contributed by atoms with Gasteiger partial charge < -0.3 is 10.4 Å². The fourth-order valence-electron chi connectivity index (χ4n) is 2.08. The van der Waals surface area contributed by atoms with Gasteiger partial charge in [-0.25, -0.2) is 9.18 Å². The number of rotatable bonds is 5. The van der Waals surface area contributed by atoms with Crippen LogP contribution >= 0.6 is 11.6 Å². The molecule has 6 heteroatoms. The van der Waals surface area contributed by atoms with Crippen LogP contribution < -0.4 is 5.32 Å². The lowest BCUT2D eigenvalue weighted by atomic mass is 9.96. The fraction of sp³-hybridized carbons (Fsp3) is 0.333. The van der Waals surface area contributed by atoms with E-state index in [9.17, 15) is 19.1 Å². The summed E-state index contributed by atoms with van der Waals surface area (Å²) >= 11 is 5.64. The number of amides is 1. The third kappa shape index (κ3) is 3.61. The molecule has 1 amide bonds. The molecule has 1 fully saturated rings. The first-order valence-corrected chi connectivity index (χ1v) is 6.89. The van der Waals surface area contributed by atoms with Gasteiger partial charge in [0.1, 0.15) is 11.4 Å². The lowest BCUT2D eigenvalue weighted by Crippen LogP contribution is -2.53.